The summed E-state index contributed by atoms with van der Waals surface area (Å²) in [6, 6.07) is 0. The first-order valence-electron chi connectivity index (χ1n) is 4.50. The van der Waals surface area contributed by atoms with Crippen molar-refractivity contribution in [2.24, 2.45) is 0 Å². The molecule has 0 rings (SSSR count). The van der Waals surface area contributed by atoms with Crippen LogP contribution in [0, 0.1) is 0 Å². The lowest BCUT2D eigenvalue weighted by Crippen LogP contribution is -2.00. The van der Waals surface area contributed by atoms with Gasteiger partial charge in [-0.05, 0) is 13.8 Å². The highest BCUT2D eigenvalue weighted by Gasteiger charge is 1.98. The third kappa shape index (κ3) is 40.6. The summed E-state index contributed by atoms with van der Waals surface area (Å²) in [6.45, 7) is 5.60. The summed E-state index contributed by atoms with van der Waals surface area (Å²) in [5.41, 5.74) is 0.176. The van der Waals surface area contributed by atoms with Crippen LogP contribution in [-0.4, -0.2) is 51.4 Å². The van der Waals surface area contributed by atoms with Gasteiger partial charge in [0.05, 0.1) is 13.2 Å². The van der Waals surface area contributed by atoms with Crippen LogP contribution in [-0.2, 0) is 14.4 Å². The Labute approximate surface area is 99.0 Å². The van der Waals surface area contributed by atoms with Crippen molar-refractivity contribution in [1.29, 1.82) is 0 Å². The SMILES string of the molecule is C=C(C)C(=O)O.CC(=O)CC(=O)O.OCCO. The molecule has 0 aliphatic carbocycles. The Balaban J connectivity index is -0.000000180. The molecule has 0 aliphatic rings. The first-order chi connectivity index (χ1) is 7.68. The van der Waals surface area contributed by atoms with Gasteiger partial charge in [0, 0.05) is 5.57 Å². The molecule has 0 radical (unpaired) electrons. The summed E-state index contributed by atoms with van der Waals surface area (Å²) in [6.07, 6.45) is -0.361. The molecule has 17 heavy (non-hydrogen) atoms. The van der Waals surface area contributed by atoms with Crippen molar-refractivity contribution in [2.45, 2.75) is 20.3 Å². The molecule has 0 amide bonds. The number of aliphatic carboxylic acids is 2. The number of aliphatic hydroxyl groups is 2. The Bertz CT molecular complexity index is 231. The summed E-state index contributed by atoms with van der Waals surface area (Å²) in [4.78, 5) is 29.1. The molecule has 7 nitrogen and oxygen atoms in total. The highest BCUT2D eigenvalue weighted by Crippen LogP contribution is 1.81. The van der Waals surface area contributed by atoms with Gasteiger partial charge >= 0.3 is 11.9 Å². The molecule has 0 aromatic rings. The van der Waals surface area contributed by atoms with Gasteiger partial charge in [0.2, 0.25) is 0 Å². The Kier molecular flexibility index (Phi) is 17.3. The minimum Gasteiger partial charge on any atom is -0.481 e. The standard InChI is InChI=1S/C4H6O3.C4H6O2.C2H6O2/c1-3(5)2-4(6)7;1-3(2)4(5)6;3-1-2-4/h2H2,1H3,(H,6,7);1H2,2H3,(H,5,6);3-4H,1-2H2. The van der Waals surface area contributed by atoms with E-state index in [4.69, 9.17) is 20.4 Å². The maximum atomic E-state index is 9.87. The summed E-state index contributed by atoms with van der Waals surface area (Å²) in [5.74, 6) is -2.31. The highest BCUT2D eigenvalue weighted by atomic mass is 16.4. The smallest absolute Gasteiger partial charge is 0.330 e. The van der Waals surface area contributed by atoms with Crippen molar-refractivity contribution < 1.29 is 34.8 Å². The molecule has 0 aliphatic heterocycles. The topological polar surface area (TPSA) is 132 Å². The van der Waals surface area contributed by atoms with E-state index in [-0.39, 0.29) is 31.0 Å². The van der Waals surface area contributed by atoms with E-state index in [0.717, 1.165) is 0 Å². The summed E-state index contributed by atoms with van der Waals surface area (Å²) in [5, 5.41) is 31.0. The number of carboxylic acid groups (broad SMARTS) is 2. The number of carbonyl (C=O) groups is 3. The van der Waals surface area contributed by atoms with Gasteiger partial charge in [-0.2, -0.15) is 0 Å². The molecule has 0 aromatic heterocycles. The fraction of sp³-hybridized carbons (Fsp3) is 0.500. The van der Waals surface area contributed by atoms with Crippen LogP contribution in [0.1, 0.15) is 20.3 Å². The molecule has 100 valence electrons. The van der Waals surface area contributed by atoms with Gasteiger partial charge in [-0.25, -0.2) is 4.79 Å². The lowest BCUT2D eigenvalue weighted by Gasteiger charge is -1.80. The van der Waals surface area contributed by atoms with Crippen LogP contribution < -0.4 is 0 Å². The fourth-order valence-electron chi connectivity index (χ4n) is 0.213. The maximum Gasteiger partial charge on any atom is 0.330 e. The molecule has 0 atom stereocenters. The minimum atomic E-state index is -1.06. The van der Waals surface area contributed by atoms with E-state index in [1.807, 2.05) is 0 Å². The molecule has 0 saturated heterocycles. The first-order valence-corrected chi connectivity index (χ1v) is 4.50. The second kappa shape index (κ2) is 14.3. The number of Topliss-reactive ketones (excluding diaryl/α,β-unsaturated/α-hetero) is 1. The number of rotatable bonds is 4. The predicted octanol–water partition coefficient (Wildman–Crippen LogP) is -0.332. The van der Waals surface area contributed by atoms with Crippen LogP contribution >= 0.6 is 0 Å². The van der Waals surface area contributed by atoms with Crippen LogP contribution in [0.5, 0.6) is 0 Å². The Hall–Kier alpha value is -1.73. The molecule has 0 unspecified atom stereocenters. The van der Waals surface area contributed by atoms with Crippen molar-refractivity contribution in [3.05, 3.63) is 12.2 Å². The second-order valence-corrected chi connectivity index (χ2v) is 2.81. The van der Waals surface area contributed by atoms with Crippen LogP contribution in [0.25, 0.3) is 0 Å². The van der Waals surface area contributed by atoms with Gasteiger partial charge in [0.25, 0.3) is 0 Å². The van der Waals surface area contributed by atoms with Gasteiger partial charge in [0.1, 0.15) is 12.2 Å². The van der Waals surface area contributed by atoms with E-state index in [1.165, 1.54) is 13.8 Å². The number of hydrogen-bond acceptors (Lipinski definition) is 5. The Morgan fingerprint density at radius 1 is 1.00 bits per heavy atom. The first kappa shape index (κ1) is 20.7. The third-order valence-corrected chi connectivity index (χ3v) is 0.865. The third-order valence-electron chi connectivity index (χ3n) is 0.865. The van der Waals surface area contributed by atoms with Gasteiger partial charge in [0.15, 0.2) is 0 Å². The van der Waals surface area contributed by atoms with Gasteiger partial charge < -0.3 is 20.4 Å². The lowest BCUT2D eigenvalue weighted by molar-refractivity contribution is -0.139. The molecular formula is C10H18O7. The normalized spacial score (nSPS) is 7.76. The zero-order valence-corrected chi connectivity index (χ0v) is 9.84. The summed E-state index contributed by atoms with van der Waals surface area (Å²) >= 11 is 0. The quantitative estimate of drug-likeness (QED) is 0.396. The Morgan fingerprint density at radius 3 is 1.29 bits per heavy atom. The zero-order chi connectivity index (χ0) is 14.4. The van der Waals surface area contributed by atoms with E-state index in [0.29, 0.717) is 0 Å². The molecule has 7 heteroatoms. The molecule has 0 aromatic carbocycles. The average Bonchev–Trinajstić information content (AvgIpc) is 2.16. The van der Waals surface area contributed by atoms with E-state index in [2.05, 4.69) is 6.58 Å². The molecule has 0 saturated carbocycles. The van der Waals surface area contributed by atoms with Crippen LogP contribution in [0.3, 0.4) is 0 Å². The largest absolute Gasteiger partial charge is 0.481 e. The van der Waals surface area contributed by atoms with Crippen molar-refractivity contribution in [1.82, 2.24) is 0 Å². The monoisotopic (exact) mass is 250 g/mol. The van der Waals surface area contributed by atoms with Crippen molar-refractivity contribution in [3.63, 3.8) is 0 Å². The number of aliphatic hydroxyl groups excluding tert-OH is 2. The molecule has 0 fully saturated rings. The van der Waals surface area contributed by atoms with Crippen molar-refractivity contribution in [2.75, 3.05) is 13.2 Å². The van der Waals surface area contributed by atoms with Gasteiger partial charge in [-0.3, -0.25) is 9.59 Å². The predicted molar refractivity (Wildman–Crippen MR) is 59.6 cm³/mol. The molecule has 0 spiro atoms. The molecule has 0 heterocycles. The van der Waals surface area contributed by atoms with Crippen LogP contribution in [0.2, 0.25) is 0 Å². The second-order valence-electron chi connectivity index (χ2n) is 2.81. The molecule has 4 N–H and O–H groups in total. The average molecular weight is 250 g/mol. The summed E-state index contributed by atoms with van der Waals surface area (Å²) in [7, 11) is 0. The van der Waals surface area contributed by atoms with Crippen LogP contribution in [0.4, 0.5) is 0 Å². The van der Waals surface area contributed by atoms with Gasteiger partial charge in [-0.1, -0.05) is 6.58 Å². The van der Waals surface area contributed by atoms with E-state index < -0.39 is 11.9 Å². The van der Waals surface area contributed by atoms with Gasteiger partial charge in [-0.15, -0.1) is 0 Å². The Morgan fingerprint density at radius 2 is 1.29 bits per heavy atom. The van der Waals surface area contributed by atoms with E-state index in [9.17, 15) is 14.4 Å². The van der Waals surface area contributed by atoms with Crippen molar-refractivity contribution >= 4 is 17.7 Å². The molecular weight excluding hydrogens is 232 g/mol. The molecule has 0 bridgehead atoms. The number of carbonyl (C=O) groups excluding carboxylic acids is 1. The number of hydrogen-bond donors (Lipinski definition) is 4. The fourth-order valence-corrected chi connectivity index (χ4v) is 0.213. The summed E-state index contributed by atoms with van der Waals surface area (Å²) < 4.78 is 0. The van der Waals surface area contributed by atoms with Crippen molar-refractivity contribution in [3.8, 4) is 0 Å². The minimum absolute atomic E-state index is 0.125. The maximum absolute atomic E-state index is 9.87. The zero-order valence-electron chi connectivity index (χ0n) is 9.84. The van der Waals surface area contributed by atoms with Crippen LogP contribution in [0.15, 0.2) is 12.2 Å². The number of carboxylic acids is 2. The van der Waals surface area contributed by atoms with E-state index in [1.54, 1.807) is 0 Å². The lowest BCUT2D eigenvalue weighted by atomic mass is 10.3. The number of ketones is 1. The van der Waals surface area contributed by atoms with E-state index >= 15 is 0 Å². The highest BCUT2D eigenvalue weighted by molar-refractivity contribution is 5.93.